The lowest BCUT2D eigenvalue weighted by atomic mass is 10.0. The van der Waals surface area contributed by atoms with E-state index in [0.717, 1.165) is 0 Å². The lowest BCUT2D eigenvalue weighted by Gasteiger charge is -2.32. The van der Waals surface area contributed by atoms with Crippen LogP contribution < -0.4 is 5.32 Å². The van der Waals surface area contributed by atoms with Crippen molar-refractivity contribution in [3.63, 3.8) is 0 Å². The second-order valence-corrected chi connectivity index (χ2v) is 5.92. The van der Waals surface area contributed by atoms with E-state index >= 15 is 0 Å². The highest BCUT2D eigenvalue weighted by Gasteiger charge is 2.25. The summed E-state index contributed by atoms with van der Waals surface area (Å²) in [5.41, 5.74) is 0.242. The van der Waals surface area contributed by atoms with Gasteiger partial charge >= 0.3 is 0 Å². The number of methoxy groups -OCH3 is 1. The smallest absolute Gasteiger partial charge is 0.254 e. The summed E-state index contributed by atoms with van der Waals surface area (Å²) in [5, 5.41) is 21.9. The molecule has 1 saturated heterocycles. The Morgan fingerprint density at radius 1 is 1.16 bits per heavy atom. The number of rotatable bonds is 7. The molecule has 138 valence electrons. The Morgan fingerprint density at radius 2 is 1.80 bits per heavy atom. The third-order valence-electron chi connectivity index (χ3n) is 3.96. The fraction of sp³-hybridized carbons (Fsp3) is 0.529. The van der Waals surface area contributed by atoms with E-state index in [1.165, 1.54) is 18.2 Å². The molecule has 3 N–H and O–H groups in total. The Hall–Kier alpha value is -2.32. The molecule has 8 heteroatoms. The van der Waals surface area contributed by atoms with Gasteiger partial charge in [0.05, 0.1) is 13.2 Å². The first kappa shape index (κ1) is 19.0. The maximum Gasteiger partial charge on any atom is 0.254 e. The molecule has 0 spiro atoms. The van der Waals surface area contributed by atoms with Crippen LogP contribution in [-0.2, 0) is 14.3 Å². The van der Waals surface area contributed by atoms with Gasteiger partial charge in [0.25, 0.3) is 5.91 Å². The summed E-state index contributed by atoms with van der Waals surface area (Å²) in [7, 11) is 1.57. The number of nitrogens with zero attached hydrogens (tertiary/aromatic N) is 1. The number of carbonyl (C=O) groups is 2. The molecule has 0 unspecified atom stereocenters. The second-order valence-electron chi connectivity index (χ2n) is 5.92. The number of aromatic hydroxyl groups is 2. The fourth-order valence-electron chi connectivity index (χ4n) is 2.70. The van der Waals surface area contributed by atoms with Crippen LogP contribution in [0.1, 0.15) is 23.2 Å². The molecule has 25 heavy (non-hydrogen) atoms. The highest BCUT2D eigenvalue weighted by Crippen LogP contribution is 2.22. The molecule has 0 aromatic heterocycles. The minimum Gasteiger partial charge on any atom is -0.508 e. The van der Waals surface area contributed by atoms with E-state index in [4.69, 9.17) is 9.47 Å². The van der Waals surface area contributed by atoms with E-state index in [9.17, 15) is 19.8 Å². The number of phenols is 2. The topological polar surface area (TPSA) is 108 Å². The molecule has 1 aliphatic heterocycles. The van der Waals surface area contributed by atoms with Gasteiger partial charge < -0.3 is 29.9 Å². The van der Waals surface area contributed by atoms with E-state index in [1.54, 1.807) is 12.0 Å². The molecule has 1 aromatic carbocycles. The lowest BCUT2D eigenvalue weighted by molar-refractivity contribution is -0.127. The third kappa shape index (κ3) is 5.91. The second kappa shape index (κ2) is 9.24. The van der Waals surface area contributed by atoms with E-state index in [2.05, 4.69) is 5.32 Å². The number of likely N-dealkylation sites (tertiary alicyclic amines) is 1. The van der Waals surface area contributed by atoms with Crippen LogP contribution in [0.2, 0.25) is 0 Å². The van der Waals surface area contributed by atoms with Gasteiger partial charge in [0, 0.05) is 37.9 Å². The molecule has 2 amide bonds. The average Bonchev–Trinajstić information content (AvgIpc) is 2.58. The fourth-order valence-corrected chi connectivity index (χ4v) is 2.70. The number of amides is 2. The van der Waals surface area contributed by atoms with E-state index in [0.29, 0.717) is 39.1 Å². The molecular formula is C17H24N2O6. The Bertz CT molecular complexity index is 579. The zero-order valence-electron chi connectivity index (χ0n) is 14.2. The predicted octanol–water partition coefficient (Wildman–Crippen LogP) is 0.482. The molecular weight excluding hydrogens is 328 g/mol. The number of nitrogens with one attached hydrogen (secondary N) is 1. The number of phenolic OH excluding ortho intramolecular Hbond substituents is 2. The largest absolute Gasteiger partial charge is 0.508 e. The normalized spacial score (nSPS) is 15.2. The molecule has 1 heterocycles. The van der Waals surface area contributed by atoms with Gasteiger partial charge in [-0.25, -0.2) is 0 Å². The lowest BCUT2D eigenvalue weighted by Crippen LogP contribution is -2.47. The summed E-state index contributed by atoms with van der Waals surface area (Å²) in [6, 6.07) is 3.83. The Labute approximate surface area is 146 Å². The molecule has 1 aliphatic rings. The quantitative estimate of drug-likeness (QED) is 0.616. The molecule has 0 aliphatic carbocycles. The average molecular weight is 352 g/mol. The van der Waals surface area contributed by atoms with Crippen LogP contribution >= 0.6 is 0 Å². The van der Waals surface area contributed by atoms with Gasteiger partial charge in [-0.3, -0.25) is 9.59 Å². The van der Waals surface area contributed by atoms with Gasteiger partial charge in [0.1, 0.15) is 18.1 Å². The Morgan fingerprint density at radius 3 is 2.40 bits per heavy atom. The van der Waals surface area contributed by atoms with Crippen LogP contribution in [0, 0.1) is 0 Å². The van der Waals surface area contributed by atoms with Crippen LogP contribution in [0.15, 0.2) is 18.2 Å². The van der Waals surface area contributed by atoms with Crippen molar-refractivity contribution in [2.75, 3.05) is 40.0 Å². The number of hydrogen-bond donors (Lipinski definition) is 3. The van der Waals surface area contributed by atoms with E-state index in [-0.39, 0.29) is 41.5 Å². The third-order valence-corrected chi connectivity index (χ3v) is 3.96. The van der Waals surface area contributed by atoms with Gasteiger partial charge in [-0.1, -0.05) is 0 Å². The number of benzene rings is 1. The van der Waals surface area contributed by atoms with Crippen molar-refractivity contribution in [2.45, 2.75) is 18.9 Å². The van der Waals surface area contributed by atoms with Crippen molar-refractivity contribution in [2.24, 2.45) is 0 Å². The van der Waals surface area contributed by atoms with Crippen molar-refractivity contribution in [1.82, 2.24) is 10.2 Å². The summed E-state index contributed by atoms with van der Waals surface area (Å²) in [4.78, 5) is 25.8. The van der Waals surface area contributed by atoms with E-state index < -0.39 is 0 Å². The van der Waals surface area contributed by atoms with Crippen LogP contribution in [0.4, 0.5) is 0 Å². The zero-order chi connectivity index (χ0) is 18.2. The molecule has 0 saturated carbocycles. The van der Waals surface area contributed by atoms with E-state index in [1.807, 2.05) is 0 Å². The first-order valence-electron chi connectivity index (χ1n) is 8.18. The first-order valence-corrected chi connectivity index (χ1v) is 8.18. The summed E-state index contributed by atoms with van der Waals surface area (Å²) >= 11 is 0. The molecule has 1 aromatic rings. The van der Waals surface area contributed by atoms with Crippen molar-refractivity contribution >= 4 is 11.8 Å². The van der Waals surface area contributed by atoms with Crippen molar-refractivity contribution in [1.29, 1.82) is 0 Å². The first-order chi connectivity index (χ1) is 12.0. The van der Waals surface area contributed by atoms with Crippen molar-refractivity contribution < 1.29 is 29.3 Å². The summed E-state index contributed by atoms with van der Waals surface area (Å²) in [5.74, 6) is -0.740. The Balaban J connectivity index is 1.77. The minimum absolute atomic E-state index is 0.000143. The highest BCUT2D eigenvalue weighted by molar-refractivity contribution is 5.95. The van der Waals surface area contributed by atoms with Crippen molar-refractivity contribution in [3.8, 4) is 11.5 Å². The molecule has 8 nitrogen and oxygen atoms in total. The maximum absolute atomic E-state index is 12.4. The minimum atomic E-state index is -0.251. The van der Waals surface area contributed by atoms with Crippen LogP contribution in [0.25, 0.3) is 0 Å². The monoisotopic (exact) mass is 352 g/mol. The van der Waals surface area contributed by atoms with Gasteiger partial charge in [0.2, 0.25) is 5.91 Å². The number of ether oxygens (including phenoxy) is 2. The summed E-state index contributed by atoms with van der Waals surface area (Å²) in [6.45, 7) is 1.78. The highest BCUT2D eigenvalue weighted by atomic mass is 16.5. The van der Waals surface area contributed by atoms with Crippen LogP contribution in [0.3, 0.4) is 0 Å². The molecule has 0 radical (unpaired) electrons. The molecule has 2 rings (SSSR count). The molecule has 0 atom stereocenters. The van der Waals surface area contributed by atoms with Crippen LogP contribution in [0.5, 0.6) is 11.5 Å². The van der Waals surface area contributed by atoms with Crippen LogP contribution in [-0.4, -0.2) is 73.0 Å². The maximum atomic E-state index is 12.4. The Kier molecular flexibility index (Phi) is 7.03. The zero-order valence-corrected chi connectivity index (χ0v) is 14.2. The van der Waals surface area contributed by atoms with Gasteiger partial charge in [-0.05, 0) is 25.0 Å². The molecule has 0 bridgehead atoms. The van der Waals surface area contributed by atoms with Gasteiger partial charge in [0.15, 0.2) is 0 Å². The standard InChI is InChI=1S/C17H24N2O6/c1-24-6-7-25-11-16(22)18-13-2-4-19(5-3-13)17(23)12-8-14(20)10-15(21)9-12/h8-10,13,20-21H,2-7,11H2,1H3,(H,18,22). The number of carbonyl (C=O) groups excluding carboxylic acids is 2. The number of piperidine rings is 1. The molecule has 1 fully saturated rings. The number of hydrogen-bond acceptors (Lipinski definition) is 6. The predicted molar refractivity (Wildman–Crippen MR) is 89.5 cm³/mol. The van der Waals surface area contributed by atoms with Crippen molar-refractivity contribution in [3.05, 3.63) is 23.8 Å². The van der Waals surface area contributed by atoms with Gasteiger partial charge in [-0.2, -0.15) is 0 Å². The summed E-state index contributed by atoms with van der Waals surface area (Å²) in [6.07, 6.45) is 1.28. The van der Waals surface area contributed by atoms with Gasteiger partial charge in [-0.15, -0.1) is 0 Å². The summed E-state index contributed by atoms with van der Waals surface area (Å²) < 4.78 is 10.0. The SMILES string of the molecule is COCCOCC(=O)NC1CCN(C(=O)c2cc(O)cc(O)c2)CC1.